The molecule has 0 fully saturated rings. The highest BCUT2D eigenvalue weighted by atomic mass is 15.5. The molecule has 80 valence electrons. The molecule has 1 aromatic heterocycles. The molecule has 0 spiro atoms. The molecule has 0 saturated heterocycles. The fourth-order valence-corrected chi connectivity index (χ4v) is 1.18. The second-order valence-corrected chi connectivity index (χ2v) is 3.23. The van der Waals surface area contributed by atoms with E-state index in [0.717, 1.165) is 5.70 Å². The van der Waals surface area contributed by atoms with E-state index >= 15 is 0 Å². The minimum Gasteiger partial charge on any atom is -0.265 e. The first-order valence-corrected chi connectivity index (χ1v) is 4.77. The first kappa shape index (κ1) is 11.3. The number of allylic oxidation sites excluding steroid dienone is 1. The molecule has 0 bridgehead atoms. The summed E-state index contributed by atoms with van der Waals surface area (Å²) >= 11 is 0. The van der Waals surface area contributed by atoms with Crippen LogP contribution in [0.15, 0.2) is 28.1 Å². The van der Waals surface area contributed by atoms with Crippen molar-refractivity contribution in [2.45, 2.75) is 20.8 Å². The lowest BCUT2D eigenvalue weighted by molar-refractivity contribution is 0.705. The molecule has 0 aliphatic heterocycles. The maximum atomic E-state index is 4.22. The number of rotatable bonds is 4. The Hall–Kier alpha value is -1.78. The quantitative estimate of drug-likeness (QED) is 0.704. The zero-order chi connectivity index (χ0) is 11.3. The Kier molecular flexibility index (Phi) is 3.91. The Morgan fingerprint density at radius 3 is 2.40 bits per heavy atom. The van der Waals surface area contributed by atoms with E-state index in [0.29, 0.717) is 5.82 Å². The maximum absolute atomic E-state index is 4.22. The van der Waals surface area contributed by atoms with Gasteiger partial charge >= 0.3 is 0 Å². The number of hydrogen-bond acceptors (Lipinski definition) is 4. The Morgan fingerprint density at radius 1 is 1.40 bits per heavy atom. The number of nitrogens with zero attached hydrogens (tertiary/aromatic N) is 5. The lowest BCUT2D eigenvalue weighted by Crippen LogP contribution is -2.05. The van der Waals surface area contributed by atoms with Gasteiger partial charge in [-0.1, -0.05) is 13.8 Å². The van der Waals surface area contributed by atoms with E-state index < -0.39 is 0 Å². The molecular formula is C10H15N5. The van der Waals surface area contributed by atoms with Gasteiger partial charge in [0, 0.05) is 6.21 Å². The fourth-order valence-electron chi connectivity index (χ4n) is 1.18. The largest absolute Gasteiger partial charge is 0.265 e. The summed E-state index contributed by atoms with van der Waals surface area (Å²) in [5, 5.41) is 8.07. The number of aromatic nitrogens is 3. The summed E-state index contributed by atoms with van der Waals surface area (Å²) in [5.41, 5.74) is 0.782. The van der Waals surface area contributed by atoms with Crippen LogP contribution in [0.3, 0.4) is 0 Å². The molecular weight excluding hydrogens is 190 g/mol. The molecule has 0 aromatic carbocycles. The van der Waals surface area contributed by atoms with Crippen molar-refractivity contribution in [1.29, 1.82) is 0 Å². The lowest BCUT2D eigenvalue weighted by Gasteiger charge is -2.09. The summed E-state index contributed by atoms with van der Waals surface area (Å²) < 4.78 is 0. The van der Waals surface area contributed by atoms with Gasteiger partial charge < -0.3 is 0 Å². The summed E-state index contributed by atoms with van der Waals surface area (Å²) in [4.78, 5) is 9.64. The second kappa shape index (κ2) is 5.19. The Labute approximate surface area is 89.2 Å². The van der Waals surface area contributed by atoms with Crippen molar-refractivity contribution in [3.05, 3.63) is 18.1 Å². The van der Waals surface area contributed by atoms with E-state index in [4.69, 9.17) is 0 Å². The summed E-state index contributed by atoms with van der Waals surface area (Å²) in [6, 6.07) is 0. The third-order valence-corrected chi connectivity index (χ3v) is 1.81. The second-order valence-electron chi connectivity index (χ2n) is 3.23. The van der Waals surface area contributed by atoms with Gasteiger partial charge in [0.2, 0.25) is 0 Å². The smallest absolute Gasteiger partial charge is 0.195 e. The molecule has 0 saturated carbocycles. The predicted molar refractivity (Wildman–Crippen MR) is 61.8 cm³/mol. The van der Waals surface area contributed by atoms with E-state index in [1.165, 1.54) is 4.80 Å². The van der Waals surface area contributed by atoms with Crippen LogP contribution >= 0.6 is 0 Å². The van der Waals surface area contributed by atoms with Crippen LogP contribution in [0.2, 0.25) is 0 Å². The van der Waals surface area contributed by atoms with Crippen molar-refractivity contribution >= 4 is 18.8 Å². The number of aliphatic imine (C=N–C) groups is 2. The van der Waals surface area contributed by atoms with Crippen LogP contribution in [0.1, 0.15) is 20.8 Å². The summed E-state index contributed by atoms with van der Waals surface area (Å²) in [6.07, 6.45) is 4.89. The van der Waals surface area contributed by atoms with Gasteiger partial charge in [-0.05, 0) is 19.6 Å². The summed E-state index contributed by atoms with van der Waals surface area (Å²) in [6.45, 7) is 9.44. The van der Waals surface area contributed by atoms with Gasteiger partial charge in [-0.15, -0.1) is 4.80 Å². The topological polar surface area (TPSA) is 55.4 Å². The lowest BCUT2D eigenvalue weighted by atomic mass is 10.1. The van der Waals surface area contributed by atoms with E-state index in [2.05, 4.69) is 26.9 Å². The van der Waals surface area contributed by atoms with Crippen molar-refractivity contribution in [3.8, 4) is 0 Å². The van der Waals surface area contributed by atoms with E-state index in [-0.39, 0.29) is 5.92 Å². The van der Waals surface area contributed by atoms with Gasteiger partial charge in [-0.3, -0.25) is 4.99 Å². The molecule has 1 heterocycles. The summed E-state index contributed by atoms with van der Waals surface area (Å²) in [5.74, 6) is 0.847. The Balaban J connectivity index is 3.27. The molecule has 0 aliphatic carbocycles. The van der Waals surface area contributed by atoms with Crippen molar-refractivity contribution < 1.29 is 0 Å². The van der Waals surface area contributed by atoms with Gasteiger partial charge in [0.25, 0.3) is 0 Å². The normalized spacial score (nSPS) is 13.3. The predicted octanol–water partition coefficient (Wildman–Crippen LogP) is 1.85. The highest BCUT2D eigenvalue weighted by Crippen LogP contribution is 2.19. The molecule has 1 rings (SSSR count). The van der Waals surface area contributed by atoms with Gasteiger partial charge in [-0.25, -0.2) is 4.99 Å². The average molecular weight is 205 g/mol. The first-order valence-electron chi connectivity index (χ1n) is 4.77. The third-order valence-electron chi connectivity index (χ3n) is 1.81. The van der Waals surface area contributed by atoms with E-state index in [1.807, 2.05) is 20.8 Å². The van der Waals surface area contributed by atoms with Crippen LogP contribution in [0.25, 0.3) is 5.82 Å². The monoisotopic (exact) mass is 205 g/mol. The standard InChI is InChI=1S/C10H15N5/c1-5-12-10(9(11-4)8(2)3)15-13-6-7-14-15/h5-8H,4H2,1-3H3/b10-9+,12-5-. The van der Waals surface area contributed by atoms with Gasteiger partial charge in [0.1, 0.15) is 0 Å². The average Bonchev–Trinajstić information content (AvgIpc) is 2.69. The minimum atomic E-state index is 0.229. The molecule has 5 nitrogen and oxygen atoms in total. The molecule has 15 heavy (non-hydrogen) atoms. The van der Waals surface area contributed by atoms with Crippen molar-refractivity contribution in [3.63, 3.8) is 0 Å². The van der Waals surface area contributed by atoms with E-state index in [9.17, 15) is 0 Å². The molecule has 5 heteroatoms. The molecule has 0 amide bonds. The first-order chi connectivity index (χ1) is 7.20. The minimum absolute atomic E-state index is 0.229. The molecule has 0 aliphatic rings. The molecule has 0 atom stereocenters. The fraction of sp³-hybridized carbons (Fsp3) is 0.400. The van der Waals surface area contributed by atoms with Gasteiger partial charge in [0.15, 0.2) is 5.82 Å². The van der Waals surface area contributed by atoms with Crippen LogP contribution in [0.5, 0.6) is 0 Å². The van der Waals surface area contributed by atoms with Crippen molar-refractivity contribution in [1.82, 2.24) is 15.0 Å². The van der Waals surface area contributed by atoms with E-state index in [1.54, 1.807) is 18.6 Å². The summed E-state index contributed by atoms with van der Waals surface area (Å²) in [7, 11) is 0. The van der Waals surface area contributed by atoms with Crippen LogP contribution < -0.4 is 0 Å². The molecule has 1 aromatic rings. The van der Waals surface area contributed by atoms with Gasteiger partial charge in [-0.2, -0.15) is 10.2 Å². The highest BCUT2D eigenvalue weighted by molar-refractivity contribution is 5.64. The molecule has 0 N–H and O–H groups in total. The van der Waals surface area contributed by atoms with Crippen LogP contribution in [0, 0.1) is 5.92 Å². The maximum Gasteiger partial charge on any atom is 0.195 e. The Morgan fingerprint density at radius 2 is 2.00 bits per heavy atom. The molecule has 0 radical (unpaired) electrons. The van der Waals surface area contributed by atoms with Crippen LogP contribution in [0.4, 0.5) is 0 Å². The zero-order valence-corrected chi connectivity index (χ0v) is 9.25. The third kappa shape index (κ3) is 2.59. The highest BCUT2D eigenvalue weighted by Gasteiger charge is 2.11. The van der Waals surface area contributed by atoms with Gasteiger partial charge in [0.05, 0.1) is 18.1 Å². The molecule has 0 unspecified atom stereocenters. The van der Waals surface area contributed by atoms with Crippen molar-refractivity contribution in [2.75, 3.05) is 0 Å². The van der Waals surface area contributed by atoms with Crippen molar-refractivity contribution in [2.24, 2.45) is 15.9 Å². The Bertz CT molecular complexity index is 373. The number of hydrogen-bond donors (Lipinski definition) is 0. The SMILES string of the molecule is C=N/C(=C(\N=C/C)n1nccn1)C(C)C. The van der Waals surface area contributed by atoms with Crippen LogP contribution in [-0.2, 0) is 0 Å². The van der Waals surface area contributed by atoms with Crippen LogP contribution in [-0.4, -0.2) is 27.9 Å². The zero-order valence-electron chi connectivity index (χ0n) is 9.25.